The number of halogens is 1. The molecule has 4 nitrogen and oxygen atoms in total. The van der Waals surface area contributed by atoms with E-state index in [0.29, 0.717) is 11.5 Å². The Morgan fingerprint density at radius 3 is 2.78 bits per heavy atom. The highest BCUT2D eigenvalue weighted by Gasteiger charge is 2.11. The van der Waals surface area contributed by atoms with Crippen LogP contribution in [0.4, 0.5) is 0 Å². The van der Waals surface area contributed by atoms with E-state index in [1.54, 1.807) is 12.1 Å². The molecule has 94 valence electrons. The molecule has 0 saturated heterocycles. The molecule has 1 aromatic carbocycles. The fraction of sp³-hybridized carbons (Fsp3) is 0.154. The summed E-state index contributed by atoms with van der Waals surface area (Å²) in [6.07, 6.45) is 0. The molecule has 0 fully saturated rings. The SMILES string of the molecule is COC(=O)c1ccc(COc2ccccc2Br)o1. The first kappa shape index (κ1) is 12.7. The van der Waals surface area contributed by atoms with Gasteiger partial charge in [-0.15, -0.1) is 0 Å². The van der Waals surface area contributed by atoms with Gasteiger partial charge in [-0.2, -0.15) is 0 Å². The van der Waals surface area contributed by atoms with Crippen molar-refractivity contribution in [3.05, 3.63) is 52.4 Å². The lowest BCUT2D eigenvalue weighted by molar-refractivity contribution is 0.0561. The van der Waals surface area contributed by atoms with Gasteiger partial charge in [0.25, 0.3) is 0 Å². The zero-order valence-corrected chi connectivity index (χ0v) is 11.3. The van der Waals surface area contributed by atoms with Crippen molar-refractivity contribution >= 4 is 21.9 Å². The number of ether oxygens (including phenoxy) is 2. The molecule has 5 heteroatoms. The molecule has 0 aliphatic heterocycles. The molecule has 0 unspecified atom stereocenters. The van der Waals surface area contributed by atoms with E-state index in [0.717, 1.165) is 4.47 Å². The van der Waals surface area contributed by atoms with Gasteiger partial charge in [0.2, 0.25) is 5.76 Å². The van der Waals surface area contributed by atoms with Crippen LogP contribution in [0.5, 0.6) is 5.75 Å². The van der Waals surface area contributed by atoms with Crippen LogP contribution >= 0.6 is 15.9 Å². The predicted molar refractivity (Wildman–Crippen MR) is 68.5 cm³/mol. The molecule has 1 aromatic heterocycles. The molecule has 0 saturated carbocycles. The molecular weight excluding hydrogens is 300 g/mol. The molecular formula is C13H11BrO4. The number of benzene rings is 1. The smallest absolute Gasteiger partial charge is 0.373 e. The first-order valence-corrected chi connectivity index (χ1v) is 6.04. The molecule has 0 atom stereocenters. The van der Waals surface area contributed by atoms with E-state index in [1.165, 1.54) is 7.11 Å². The largest absolute Gasteiger partial charge is 0.484 e. The molecule has 0 N–H and O–H groups in total. The van der Waals surface area contributed by atoms with Gasteiger partial charge in [-0.3, -0.25) is 0 Å². The lowest BCUT2D eigenvalue weighted by Gasteiger charge is -2.05. The molecule has 18 heavy (non-hydrogen) atoms. The maximum absolute atomic E-state index is 11.2. The van der Waals surface area contributed by atoms with Crippen LogP contribution in [-0.4, -0.2) is 13.1 Å². The second-order valence-electron chi connectivity index (χ2n) is 3.48. The van der Waals surface area contributed by atoms with Crippen molar-refractivity contribution in [3.63, 3.8) is 0 Å². The lowest BCUT2D eigenvalue weighted by atomic mass is 10.3. The lowest BCUT2D eigenvalue weighted by Crippen LogP contribution is -1.99. The van der Waals surface area contributed by atoms with Crippen molar-refractivity contribution in [3.8, 4) is 5.75 Å². The summed E-state index contributed by atoms with van der Waals surface area (Å²) >= 11 is 3.38. The number of furan rings is 1. The van der Waals surface area contributed by atoms with Gasteiger partial charge in [-0.25, -0.2) is 4.79 Å². The number of esters is 1. The minimum Gasteiger partial charge on any atom is -0.484 e. The van der Waals surface area contributed by atoms with Gasteiger partial charge < -0.3 is 13.9 Å². The van der Waals surface area contributed by atoms with Crippen LogP contribution in [0.15, 0.2) is 45.3 Å². The fourth-order valence-corrected chi connectivity index (χ4v) is 1.78. The standard InChI is InChI=1S/C13H11BrO4/c1-16-13(15)12-7-6-9(18-12)8-17-11-5-3-2-4-10(11)14/h2-7H,8H2,1H3. The molecule has 2 rings (SSSR count). The van der Waals surface area contributed by atoms with E-state index in [2.05, 4.69) is 20.7 Å². The maximum atomic E-state index is 11.2. The normalized spacial score (nSPS) is 10.1. The van der Waals surface area contributed by atoms with Gasteiger partial charge in [0.15, 0.2) is 0 Å². The van der Waals surface area contributed by atoms with Crippen LogP contribution in [0, 0.1) is 0 Å². The first-order chi connectivity index (χ1) is 8.70. The van der Waals surface area contributed by atoms with Crippen molar-refractivity contribution in [2.45, 2.75) is 6.61 Å². The molecule has 2 aromatic rings. The van der Waals surface area contributed by atoms with Gasteiger partial charge in [0.05, 0.1) is 11.6 Å². The summed E-state index contributed by atoms with van der Waals surface area (Å²) in [7, 11) is 1.31. The molecule has 0 aliphatic rings. The third-order valence-electron chi connectivity index (χ3n) is 2.25. The van der Waals surface area contributed by atoms with E-state index >= 15 is 0 Å². The Morgan fingerprint density at radius 2 is 2.06 bits per heavy atom. The highest BCUT2D eigenvalue weighted by molar-refractivity contribution is 9.10. The Balaban J connectivity index is 2.01. The topological polar surface area (TPSA) is 48.7 Å². The maximum Gasteiger partial charge on any atom is 0.373 e. The zero-order valence-electron chi connectivity index (χ0n) is 9.68. The molecule has 0 bridgehead atoms. The van der Waals surface area contributed by atoms with E-state index in [1.807, 2.05) is 24.3 Å². The average Bonchev–Trinajstić information content (AvgIpc) is 2.86. The summed E-state index contributed by atoms with van der Waals surface area (Å²) < 4.78 is 16.3. The van der Waals surface area contributed by atoms with E-state index in [4.69, 9.17) is 9.15 Å². The summed E-state index contributed by atoms with van der Waals surface area (Å²) in [4.78, 5) is 11.2. The molecule has 0 spiro atoms. The highest BCUT2D eigenvalue weighted by atomic mass is 79.9. The third-order valence-corrected chi connectivity index (χ3v) is 2.91. The Bertz CT molecular complexity index is 547. The summed E-state index contributed by atoms with van der Waals surface area (Å²) in [5.41, 5.74) is 0. The molecule has 0 radical (unpaired) electrons. The summed E-state index contributed by atoms with van der Waals surface area (Å²) in [5.74, 6) is 0.949. The molecule has 0 aliphatic carbocycles. The quantitative estimate of drug-likeness (QED) is 0.812. The average molecular weight is 311 g/mol. The first-order valence-electron chi connectivity index (χ1n) is 5.25. The van der Waals surface area contributed by atoms with Gasteiger partial charge in [-0.1, -0.05) is 12.1 Å². The number of rotatable bonds is 4. The highest BCUT2D eigenvalue weighted by Crippen LogP contribution is 2.24. The number of carbonyl (C=O) groups excluding carboxylic acids is 1. The van der Waals surface area contributed by atoms with Crippen LogP contribution < -0.4 is 4.74 Å². The minimum absolute atomic E-state index is 0.170. The van der Waals surface area contributed by atoms with E-state index in [9.17, 15) is 4.79 Å². The molecule has 1 heterocycles. The van der Waals surface area contributed by atoms with Crippen molar-refractivity contribution in [2.24, 2.45) is 0 Å². The number of carbonyl (C=O) groups is 1. The van der Waals surface area contributed by atoms with Gasteiger partial charge >= 0.3 is 5.97 Å². The van der Waals surface area contributed by atoms with Crippen molar-refractivity contribution in [1.82, 2.24) is 0 Å². The van der Waals surface area contributed by atoms with Gasteiger partial charge in [-0.05, 0) is 40.2 Å². The zero-order chi connectivity index (χ0) is 13.0. The summed E-state index contributed by atoms with van der Waals surface area (Å²) in [6, 6.07) is 10.8. The second-order valence-corrected chi connectivity index (χ2v) is 4.33. The number of methoxy groups -OCH3 is 1. The number of para-hydroxylation sites is 1. The second kappa shape index (κ2) is 5.73. The number of hydrogen-bond acceptors (Lipinski definition) is 4. The van der Waals surface area contributed by atoms with Crippen LogP contribution in [0.1, 0.15) is 16.3 Å². The predicted octanol–water partition coefficient (Wildman–Crippen LogP) is 3.41. The van der Waals surface area contributed by atoms with Crippen LogP contribution in [0.2, 0.25) is 0 Å². The third kappa shape index (κ3) is 2.92. The minimum atomic E-state index is -0.498. The van der Waals surface area contributed by atoms with E-state index < -0.39 is 5.97 Å². The summed E-state index contributed by atoms with van der Waals surface area (Å²) in [5, 5.41) is 0. The Labute approximate surface area is 113 Å². The van der Waals surface area contributed by atoms with Crippen molar-refractivity contribution in [2.75, 3.05) is 7.11 Å². The Kier molecular flexibility index (Phi) is 4.04. The Hall–Kier alpha value is -1.75. The van der Waals surface area contributed by atoms with E-state index in [-0.39, 0.29) is 12.4 Å². The molecule has 0 amide bonds. The van der Waals surface area contributed by atoms with Crippen molar-refractivity contribution < 1.29 is 18.7 Å². The van der Waals surface area contributed by atoms with Crippen molar-refractivity contribution in [1.29, 1.82) is 0 Å². The van der Waals surface area contributed by atoms with Gasteiger partial charge in [0, 0.05) is 0 Å². The van der Waals surface area contributed by atoms with Crippen LogP contribution in [-0.2, 0) is 11.3 Å². The Morgan fingerprint density at radius 1 is 1.28 bits per heavy atom. The fourth-order valence-electron chi connectivity index (χ4n) is 1.38. The van der Waals surface area contributed by atoms with Crippen LogP contribution in [0.25, 0.3) is 0 Å². The summed E-state index contributed by atoms with van der Waals surface area (Å²) in [6.45, 7) is 0.250. The van der Waals surface area contributed by atoms with Crippen LogP contribution in [0.3, 0.4) is 0 Å². The monoisotopic (exact) mass is 310 g/mol. The number of hydrogen-bond donors (Lipinski definition) is 0. The van der Waals surface area contributed by atoms with Gasteiger partial charge in [0.1, 0.15) is 18.1 Å².